The van der Waals surface area contributed by atoms with Gasteiger partial charge in [-0.15, -0.1) is 0 Å². The Morgan fingerprint density at radius 1 is 1.40 bits per heavy atom. The zero-order chi connectivity index (χ0) is 10.7. The average molecular weight is 204 g/mol. The van der Waals surface area contributed by atoms with Gasteiger partial charge in [0.2, 0.25) is 0 Å². The van der Waals surface area contributed by atoms with Crippen molar-refractivity contribution in [1.82, 2.24) is 9.88 Å². The van der Waals surface area contributed by atoms with Crippen LogP contribution in [0.4, 0.5) is 0 Å². The maximum Gasteiger partial charge on any atom is 0.135 e. The predicted molar refractivity (Wildman–Crippen MR) is 58.5 cm³/mol. The van der Waals surface area contributed by atoms with E-state index in [9.17, 15) is 4.79 Å². The smallest absolute Gasteiger partial charge is 0.135 e. The van der Waals surface area contributed by atoms with E-state index in [1.165, 1.54) is 5.56 Å². The second-order valence-corrected chi connectivity index (χ2v) is 4.04. The summed E-state index contributed by atoms with van der Waals surface area (Å²) in [6.07, 6.45) is 5.09. The second kappa shape index (κ2) is 4.53. The number of hydrogen-bond donors (Lipinski definition) is 0. The molecule has 1 aromatic heterocycles. The van der Waals surface area contributed by atoms with Crippen molar-refractivity contribution >= 4 is 5.78 Å². The van der Waals surface area contributed by atoms with Crippen LogP contribution in [0.5, 0.6) is 0 Å². The lowest BCUT2D eigenvalue weighted by molar-refractivity contribution is -0.121. The van der Waals surface area contributed by atoms with Crippen molar-refractivity contribution in [2.24, 2.45) is 0 Å². The highest BCUT2D eigenvalue weighted by atomic mass is 16.1. The van der Waals surface area contributed by atoms with Gasteiger partial charge >= 0.3 is 0 Å². The minimum absolute atomic E-state index is 0.367. The third kappa shape index (κ3) is 2.42. The van der Waals surface area contributed by atoms with E-state index < -0.39 is 0 Å². The third-order valence-electron chi connectivity index (χ3n) is 3.07. The van der Waals surface area contributed by atoms with Crippen molar-refractivity contribution in [3.8, 4) is 0 Å². The lowest BCUT2D eigenvalue weighted by Crippen LogP contribution is -2.35. The fraction of sp³-hybridized carbons (Fsp3) is 0.500. The summed E-state index contributed by atoms with van der Waals surface area (Å²) < 4.78 is 0. The van der Waals surface area contributed by atoms with Crippen LogP contribution >= 0.6 is 0 Å². The first-order valence-electron chi connectivity index (χ1n) is 5.43. The SMILES string of the molecule is C[C@H](c1cccnc1)N1CCC(=O)CC1. The van der Waals surface area contributed by atoms with Crippen molar-refractivity contribution < 1.29 is 4.79 Å². The van der Waals surface area contributed by atoms with Crippen LogP contribution in [0.25, 0.3) is 0 Å². The zero-order valence-electron chi connectivity index (χ0n) is 9.02. The number of Topliss-reactive ketones (excluding diaryl/α,β-unsaturated/α-hetero) is 1. The summed E-state index contributed by atoms with van der Waals surface area (Å²) in [5.74, 6) is 0.393. The molecule has 0 aliphatic carbocycles. The predicted octanol–water partition coefficient (Wildman–Crippen LogP) is 1.81. The molecule has 1 atom stereocenters. The molecule has 15 heavy (non-hydrogen) atoms. The summed E-state index contributed by atoms with van der Waals surface area (Å²) >= 11 is 0. The van der Waals surface area contributed by atoms with E-state index in [-0.39, 0.29) is 0 Å². The molecule has 1 fully saturated rings. The molecule has 3 nitrogen and oxygen atoms in total. The standard InChI is InChI=1S/C12H16N2O/c1-10(11-3-2-6-13-9-11)14-7-4-12(15)5-8-14/h2-3,6,9-10H,4-5,7-8H2,1H3/t10-/m1/s1. The van der Waals surface area contributed by atoms with Crippen LogP contribution in [0.1, 0.15) is 31.4 Å². The first-order chi connectivity index (χ1) is 7.27. The Labute approximate surface area is 90.1 Å². The average Bonchev–Trinajstić information content (AvgIpc) is 2.30. The Kier molecular flexibility index (Phi) is 3.11. The molecule has 0 N–H and O–H groups in total. The topological polar surface area (TPSA) is 33.2 Å². The Balaban J connectivity index is 2.02. The van der Waals surface area contributed by atoms with E-state index >= 15 is 0 Å². The Morgan fingerprint density at radius 2 is 2.13 bits per heavy atom. The fourth-order valence-electron chi connectivity index (χ4n) is 1.99. The minimum Gasteiger partial charge on any atom is -0.300 e. The minimum atomic E-state index is 0.367. The molecule has 0 amide bonds. The van der Waals surface area contributed by atoms with Crippen LogP contribution in [-0.4, -0.2) is 28.8 Å². The van der Waals surface area contributed by atoms with Gasteiger partial charge in [-0.2, -0.15) is 0 Å². The number of piperidine rings is 1. The molecule has 0 spiro atoms. The quantitative estimate of drug-likeness (QED) is 0.736. The number of aromatic nitrogens is 1. The summed E-state index contributed by atoms with van der Waals surface area (Å²) in [7, 11) is 0. The number of hydrogen-bond acceptors (Lipinski definition) is 3. The first kappa shape index (κ1) is 10.3. The lowest BCUT2D eigenvalue weighted by atomic mass is 10.0. The van der Waals surface area contributed by atoms with E-state index in [1.54, 1.807) is 6.20 Å². The third-order valence-corrected chi connectivity index (χ3v) is 3.07. The van der Waals surface area contributed by atoms with Gasteiger partial charge in [-0.25, -0.2) is 0 Å². The molecule has 0 radical (unpaired) electrons. The fourth-order valence-corrected chi connectivity index (χ4v) is 1.99. The van der Waals surface area contributed by atoms with E-state index in [4.69, 9.17) is 0 Å². The lowest BCUT2D eigenvalue weighted by Gasteiger charge is -2.31. The number of likely N-dealkylation sites (tertiary alicyclic amines) is 1. The van der Waals surface area contributed by atoms with Crippen LogP contribution in [-0.2, 0) is 4.79 Å². The van der Waals surface area contributed by atoms with Crippen LogP contribution in [0.2, 0.25) is 0 Å². The molecule has 2 rings (SSSR count). The Morgan fingerprint density at radius 3 is 2.73 bits per heavy atom. The molecule has 0 aromatic carbocycles. The molecule has 1 saturated heterocycles. The van der Waals surface area contributed by atoms with E-state index in [0.29, 0.717) is 24.7 Å². The summed E-state index contributed by atoms with van der Waals surface area (Å²) in [5.41, 5.74) is 1.23. The van der Waals surface area contributed by atoms with Crippen LogP contribution in [0, 0.1) is 0 Å². The molecule has 0 unspecified atom stereocenters. The number of carbonyl (C=O) groups excluding carboxylic acids is 1. The van der Waals surface area contributed by atoms with E-state index in [2.05, 4.69) is 22.9 Å². The van der Waals surface area contributed by atoms with Gasteiger partial charge in [0.05, 0.1) is 0 Å². The van der Waals surface area contributed by atoms with Gasteiger partial charge in [0.15, 0.2) is 0 Å². The van der Waals surface area contributed by atoms with Crippen LogP contribution in [0.15, 0.2) is 24.5 Å². The van der Waals surface area contributed by atoms with Crippen molar-refractivity contribution in [1.29, 1.82) is 0 Å². The highest BCUT2D eigenvalue weighted by Crippen LogP contribution is 2.21. The van der Waals surface area contributed by atoms with Gasteiger partial charge in [0, 0.05) is 44.4 Å². The van der Waals surface area contributed by atoms with Gasteiger partial charge in [0.1, 0.15) is 5.78 Å². The summed E-state index contributed by atoms with van der Waals surface area (Å²) in [6.45, 7) is 3.94. The number of ketones is 1. The Hall–Kier alpha value is -1.22. The van der Waals surface area contributed by atoms with Crippen LogP contribution < -0.4 is 0 Å². The molecular formula is C12H16N2O. The van der Waals surface area contributed by atoms with Crippen molar-refractivity contribution in [2.45, 2.75) is 25.8 Å². The van der Waals surface area contributed by atoms with Gasteiger partial charge in [-0.1, -0.05) is 6.07 Å². The van der Waals surface area contributed by atoms with Crippen molar-refractivity contribution in [2.75, 3.05) is 13.1 Å². The highest BCUT2D eigenvalue weighted by molar-refractivity contribution is 5.79. The van der Waals surface area contributed by atoms with E-state index in [0.717, 1.165) is 13.1 Å². The van der Waals surface area contributed by atoms with Gasteiger partial charge in [0.25, 0.3) is 0 Å². The first-order valence-corrected chi connectivity index (χ1v) is 5.43. The molecule has 2 heterocycles. The van der Waals surface area contributed by atoms with Crippen molar-refractivity contribution in [3.63, 3.8) is 0 Å². The molecule has 80 valence electrons. The maximum absolute atomic E-state index is 11.1. The molecule has 0 bridgehead atoms. The highest BCUT2D eigenvalue weighted by Gasteiger charge is 2.21. The molecule has 1 aliphatic rings. The monoisotopic (exact) mass is 204 g/mol. The summed E-state index contributed by atoms with van der Waals surface area (Å²) in [6, 6.07) is 4.42. The molecule has 0 saturated carbocycles. The maximum atomic E-state index is 11.1. The van der Waals surface area contributed by atoms with Gasteiger partial charge < -0.3 is 0 Å². The molecule has 1 aromatic rings. The molecule has 1 aliphatic heterocycles. The summed E-state index contributed by atoms with van der Waals surface area (Å²) in [5, 5.41) is 0. The van der Waals surface area contributed by atoms with Gasteiger partial charge in [-0.05, 0) is 18.6 Å². The largest absolute Gasteiger partial charge is 0.300 e. The Bertz CT molecular complexity index is 327. The number of rotatable bonds is 2. The van der Waals surface area contributed by atoms with Crippen molar-refractivity contribution in [3.05, 3.63) is 30.1 Å². The number of pyridine rings is 1. The summed E-state index contributed by atoms with van der Waals surface area (Å²) in [4.78, 5) is 17.6. The van der Waals surface area contributed by atoms with Gasteiger partial charge in [-0.3, -0.25) is 14.7 Å². The second-order valence-electron chi connectivity index (χ2n) is 4.04. The normalized spacial score (nSPS) is 20.2. The van der Waals surface area contributed by atoms with Crippen LogP contribution in [0.3, 0.4) is 0 Å². The molecular weight excluding hydrogens is 188 g/mol. The number of nitrogens with zero attached hydrogens (tertiary/aromatic N) is 2. The molecule has 3 heteroatoms. The number of carbonyl (C=O) groups is 1. The zero-order valence-corrected chi connectivity index (χ0v) is 9.02. The van der Waals surface area contributed by atoms with E-state index in [1.807, 2.05) is 12.3 Å².